The minimum absolute atomic E-state index is 0.0714. The van der Waals surface area contributed by atoms with Crippen molar-refractivity contribution in [1.82, 2.24) is 4.98 Å². The maximum atomic E-state index is 13.0. The Morgan fingerprint density at radius 3 is 2.70 bits per heavy atom. The van der Waals surface area contributed by atoms with Crippen molar-refractivity contribution < 1.29 is 22.3 Å². The van der Waals surface area contributed by atoms with Crippen molar-refractivity contribution in [1.29, 1.82) is 0 Å². The molecule has 2 aromatic carbocycles. The first-order chi connectivity index (χ1) is 12.8. The zero-order valence-corrected chi connectivity index (χ0v) is 14.6. The molecule has 2 N–H and O–H groups in total. The number of rotatable bonds is 2. The molecule has 0 amide bonds. The second kappa shape index (κ2) is 5.98. The second-order valence-electron chi connectivity index (χ2n) is 5.71. The first kappa shape index (κ1) is 17.3. The summed E-state index contributed by atoms with van der Waals surface area (Å²) in [5.41, 5.74) is 5.20. The van der Waals surface area contributed by atoms with E-state index in [9.17, 15) is 18.0 Å². The van der Waals surface area contributed by atoms with Gasteiger partial charge in [-0.05, 0) is 24.3 Å². The maximum absolute atomic E-state index is 13.0. The molecule has 138 valence electrons. The third-order valence-electron chi connectivity index (χ3n) is 4.04. The minimum atomic E-state index is -4.52. The van der Waals surface area contributed by atoms with Crippen LogP contribution in [0.4, 0.5) is 18.3 Å². The van der Waals surface area contributed by atoms with E-state index >= 15 is 0 Å². The summed E-state index contributed by atoms with van der Waals surface area (Å²) in [5, 5.41) is 0.520. The van der Waals surface area contributed by atoms with Crippen molar-refractivity contribution in [2.75, 3.05) is 12.8 Å². The number of alkyl halides is 3. The van der Waals surface area contributed by atoms with Crippen LogP contribution >= 0.6 is 11.3 Å². The molecule has 0 aliphatic rings. The van der Waals surface area contributed by atoms with Crippen LogP contribution < -0.4 is 15.9 Å². The molecule has 0 atom stereocenters. The van der Waals surface area contributed by atoms with Crippen LogP contribution in [0.25, 0.3) is 32.5 Å². The molecule has 0 fully saturated rings. The van der Waals surface area contributed by atoms with Gasteiger partial charge < -0.3 is 14.9 Å². The molecule has 9 heteroatoms. The average molecular weight is 392 g/mol. The number of aromatic nitrogens is 1. The van der Waals surface area contributed by atoms with Gasteiger partial charge in [-0.3, -0.25) is 4.79 Å². The van der Waals surface area contributed by atoms with Gasteiger partial charge in [-0.1, -0.05) is 23.5 Å². The largest absolute Gasteiger partial charge is 0.490 e. The standard InChI is InChI=1S/C18H11F3N2O3S/c1-25-15-13(24)12-11(6-5-10-16(12)27-17(22)23-10)26-14(15)8-3-2-4-9(7-8)18(19,20)21/h2-7H,1H3,(H2,22,23). The summed E-state index contributed by atoms with van der Waals surface area (Å²) in [7, 11) is 1.26. The number of fused-ring (bicyclic) bond motifs is 3. The van der Waals surface area contributed by atoms with Crippen LogP contribution in [0, 0.1) is 0 Å². The van der Waals surface area contributed by atoms with E-state index in [4.69, 9.17) is 14.9 Å². The number of ether oxygens (including phenoxy) is 1. The Hall–Kier alpha value is -3.07. The van der Waals surface area contributed by atoms with Crippen LogP contribution in [-0.4, -0.2) is 12.1 Å². The fourth-order valence-electron chi connectivity index (χ4n) is 2.88. The predicted octanol–water partition coefficient (Wildman–Crippen LogP) is 4.68. The third kappa shape index (κ3) is 2.80. The molecule has 27 heavy (non-hydrogen) atoms. The molecule has 0 saturated heterocycles. The Labute approximate surface area is 153 Å². The molecule has 0 aliphatic carbocycles. The predicted molar refractivity (Wildman–Crippen MR) is 97.1 cm³/mol. The number of halogens is 3. The number of methoxy groups -OCH3 is 1. The number of thiazole rings is 1. The average Bonchev–Trinajstić information content (AvgIpc) is 3.01. The lowest BCUT2D eigenvalue weighted by Gasteiger charge is -2.11. The van der Waals surface area contributed by atoms with Crippen molar-refractivity contribution in [3.8, 4) is 17.1 Å². The first-order valence-corrected chi connectivity index (χ1v) is 8.48. The quantitative estimate of drug-likeness (QED) is 0.536. The number of benzene rings is 2. The van der Waals surface area contributed by atoms with Gasteiger partial charge in [-0.15, -0.1) is 0 Å². The zero-order valence-electron chi connectivity index (χ0n) is 13.8. The minimum Gasteiger partial charge on any atom is -0.490 e. The van der Waals surface area contributed by atoms with Crippen LogP contribution in [0.15, 0.2) is 45.6 Å². The van der Waals surface area contributed by atoms with Crippen LogP contribution in [0.2, 0.25) is 0 Å². The molecule has 0 aliphatic heterocycles. The summed E-state index contributed by atoms with van der Waals surface area (Å²) < 4.78 is 50.6. The highest BCUT2D eigenvalue weighted by Gasteiger charge is 2.31. The molecule has 2 aromatic heterocycles. The van der Waals surface area contributed by atoms with Crippen molar-refractivity contribution in [3.63, 3.8) is 0 Å². The number of anilines is 1. The molecule has 4 aromatic rings. The van der Waals surface area contributed by atoms with E-state index in [0.717, 1.165) is 23.5 Å². The van der Waals surface area contributed by atoms with Crippen LogP contribution in [-0.2, 0) is 6.18 Å². The molecule has 0 saturated carbocycles. The lowest BCUT2D eigenvalue weighted by atomic mass is 10.1. The highest BCUT2D eigenvalue weighted by molar-refractivity contribution is 7.23. The number of hydrogen-bond donors (Lipinski definition) is 1. The molecular weight excluding hydrogens is 381 g/mol. The lowest BCUT2D eigenvalue weighted by molar-refractivity contribution is -0.137. The fraction of sp³-hybridized carbons (Fsp3) is 0.111. The summed E-state index contributed by atoms with van der Waals surface area (Å²) in [6, 6.07) is 7.69. The molecule has 0 radical (unpaired) electrons. The topological polar surface area (TPSA) is 78.3 Å². The van der Waals surface area contributed by atoms with E-state index in [2.05, 4.69) is 4.98 Å². The highest BCUT2D eigenvalue weighted by Crippen LogP contribution is 2.37. The molecule has 4 rings (SSSR count). The summed E-state index contributed by atoms with van der Waals surface area (Å²) in [4.78, 5) is 17.1. The van der Waals surface area contributed by atoms with E-state index in [1.54, 1.807) is 6.07 Å². The van der Waals surface area contributed by atoms with Crippen LogP contribution in [0.1, 0.15) is 5.56 Å². The van der Waals surface area contributed by atoms with Crippen LogP contribution in [0.5, 0.6) is 5.75 Å². The van der Waals surface area contributed by atoms with Gasteiger partial charge in [0.15, 0.2) is 10.9 Å². The van der Waals surface area contributed by atoms with Crippen molar-refractivity contribution >= 4 is 37.7 Å². The molecule has 0 unspecified atom stereocenters. The molecular formula is C18H11F3N2O3S. The summed E-state index contributed by atoms with van der Waals surface area (Å²) in [6.07, 6.45) is -4.52. The zero-order chi connectivity index (χ0) is 19.3. The van der Waals surface area contributed by atoms with E-state index in [-0.39, 0.29) is 33.2 Å². The molecule has 0 bridgehead atoms. The molecule has 0 spiro atoms. The fourth-order valence-corrected chi connectivity index (χ4v) is 3.74. The van der Waals surface area contributed by atoms with E-state index in [1.807, 2.05) is 0 Å². The number of nitrogen functional groups attached to an aromatic ring is 1. The van der Waals surface area contributed by atoms with Gasteiger partial charge in [-0.2, -0.15) is 13.2 Å². The summed E-state index contributed by atoms with van der Waals surface area (Å²) in [5.74, 6) is -0.251. The van der Waals surface area contributed by atoms with Gasteiger partial charge >= 0.3 is 6.18 Å². The van der Waals surface area contributed by atoms with Gasteiger partial charge in [0.2, 0.25) is 11.2 Å². The first-order valence-electron chi connectivity index (χ1n) is 7.67. The number of nitrogens with two attached hydrogens (primary N) is 1. The summed E-state index contributed by atoms with van der Waals surface area (Å²) in [6.45, 7) is 0. The Morgan fingerprint density at radius 1 is 1.22 bits per heavy atom. The van der Waals surface area contributed by atoms with Gasteiger partial charge in [-0.25, -0.2) is 4.98 Å². The van der Waals surface area contributed by atoms with Crippen molar-refractivity contribution in [2.45, 2.75) is 6.18 Å². The Kier molecular flexibility index (Phi) is 3.84. The smallest absolute Gasteiger partial charge is 0.416 e. The molecule has 2 heterocycles. The third-order valence-corrected chi connectivity index (χ3v) is 4.96. The lowest BCUT2D eigenvalue weighted by Crippen LogP contribution is -2.08. The van der Waals surface area contributed by atoms with E-state index in [1.165, 1.54) is 25.3 Å². The van der Waals surface area contributed by atoms with Crippen molar-refractivity contribution in [2.24, 2.45) is 0 Å². The normalized spacial score (nSPS) is 12.0. The summed E-state index contributed by atoms with van der Waals surface area (Å²) >= 11 is 1.12. The Balaban J connectivity index is 2.05. The maximum Gasteiger partial charge on any atom is 0.416 e. The Bertz CT molecular complexity index is 1240. The van der Waals surface area contributed by atoms with Gasteiger partial charge in [0.05, 0.1) is 28.3 Å². The van der Waals surface area contributed by atoms with Gasteiger partial charge in [0, 0.05) is 5.56 Å². The van der Waals surface area contributed by atoms with Crippen LogP contribution in [0.3, 0.4) is 0 Å². The highest BCUT2D eigenvalue weighted by atomic mass is 32.1. The number of nitrogens with zero attached hydrogens (tertiary/aromatic N) is 1. The van der Waals surface area contributed by atoms with Gasteiger partial charge in [0.25, 0.3) is 0 Å². The second-order valence-corrected chi connectivity index (χ2v) is 6.74. The SMILES string of the molecule is COc1c(-c2cccc(C(F)(F)F)c2)oc2ccc3nc(N)sc3c2c1=O. The molecule has 5 nitrogen and oxygen atoms in total. The number of hydrogen-bond acceptors (Lipinski definition) is 6. The van der Waals surface area contributed by atoms with E-state index in [0.29, 0.717) is 10.2 Å². The van der Waals surface area contributed by atoms with Crippen molar-refractivity contribution in [3.05, 3.63) is 52.2 Å². The monoisotopic (exact) mass is 392 g/mol. The van der Waals surface area contributed by atoms with E-state index < -0.39 is 17.2 Å². The Morgan fingerprint density at radius 2 is 2.00 bits per heavy atom. The van der Waals surface area contributed by atoms with Gasteiger partial charge in [0.1, 0.15) is 5.58 Å².